The standard InChI is InChI=1S/C14H25NO6S/c16-14(12-4-2-1-3-5-12)21-13(11-22(17,18)19)10-15-6-8-20-9-7-15/h12-13H,1-11H2,(H,17,18,19)/p-1. The van der Waals surface area contributed by atoms with Crippen LogP contribution >= 0.6 is 0 Å². The van der Waals surface area contributed by atoms with Crippen molar-refractivity contribution in [2.24, 2.45) is 5.92 Å². The third-order valence-corrected chi connectivity index (χ3v) is 4.96. The van der Waals surface area contributed by atoms with E-state index in [1.165, 1.54) is 0 Å². The summed E-state index contributed by atoms with van der Waals surface area (Å²) in [6.07, 6.45) is 3.78. The van der Waals surface area contributed by atoms with E-state index in [0.29, 0.717) is 26.3 Å². The van der Waals surface area contributed by atoms with Gasteiger partial charge in [0, 0.05) is 19.6 Å². The molecule has 1 unspecified atom stereocenters. The Balaban J connectivity index is 1.92. The lowest BCUT2D eigenvalue weighted by Gasteiger charge is -2.31. The summed E-state index contributed by atoms with van der Waals surface area (Å²) in [5.41, 5.74) is 0. The van der Waals surface area contributed by atoms with E-state index < -0.39 is 22.0 Å². The molecule has 1 aliphatic heterocycles. The molecule has 2 fully saturated rings. The Kier molecular flexibility index (Phi) is 6.61. The zero-order valence-corrected chi connectivity index (χ0v) is 13.6. The van der Waals surface area contributed by atoms with Crippen molar-refractivity contribution in [1.82, 2.24) is 4.90 Å². The highest BCUT2D eigenvalue weighted by atomic mass is 32.2. The maximum atomic E-state index is 12.2. The molecule has 0 N–H and O–H groups in total. The van der Waals surface area contributed by atoms with Gasteiger partial charge < -0.3 is 14.0 Å². The van der Waals surface area contributed by atoms with Crippen LogP contribution in [-0.4, -0.2) is 68.5 Å². The summed E-state index contributed by atoms with van der Waals surface area (Å²) in [6.45, 7) is 2.69. The van der Waals surface area contributed by atoms with Gasteiger partial charge in [-0.2, -0.15) is 0 Å². The first-order valence-corrected chi connectivity index (χ1v) is 9.46. The number of esters is 1. The molecule has 0 aromatic carbocycles. The average molecular weight is 334 g/mol. The van der Waals surface area contributed by atoms with Crippen molar-refractivity contribution in [3.05, 3.63) is 0 Å². The normalized spacial score (nSPS) is 23.1. The highest BCUT2D eigenvalue weighted by molar-refractivity contribution is 7.85. The number of nitrogens with zero attached hydrogens (tertiary/aromatic N) is 1. The van der Waals surface area contributed by atoms with E-state index in [1.807, 2.05) is 4.90 Å². The van der Waals surface area contributed by atoms with Crippen LogP contribution in [0.5, 0.6) is 0 Å². The average Bonchev–Trinajstić information content (AvgIpc) is 2.47. The summed E-state index contributed by atoms with van der Waals surface area (Å²) < 4.78 is 43.8. The van der Waals surface area contributed by atoms with Crippen molar-refractivity contribution in [2.45, 2.75) is 38.2 Å². The number of carbonyl (C=O) groups excluding carboxylic acids is 1. The molecule has 22 heavy (non-hydrogen) atoms. The second kappa shape index (κ2) is 8.24. The van der Waals surface area contributed by atoms with Gasteiger partial charge in [0.15, 0.2) is 0 Å². The topological polar surface area (TPSA) is 96.0 Å². The lowest BCUT2D eigenvalue weighted by atomic mass is 9.89. The number of hydrogen-bond donors (Lipinski definition) is 0. The van der Waals surface area contributed by atoms with Gasteiger partial charge in [-0.15, -0.1) is 0 Å². The van der Waals surface area contributed by atoms with Crippen LogP contribution in [0.2, 0.25) is 0 Å². The molecule has 1 saturated carbocycles. The van der Waals surface area contributed by atoms with Crippen LogP contribution in [0, 0.1) is 5.92 Å². The van der Waals surface area contributed by atoms with Crippen molar-refractivity contribution in [3.8, 4) is 0 Å². The van der Waals surface area contributed by atoms with Crippen molar-refractivity contribution < 1.29 is 27.2 Å². The molecule has 0 spiro atoms. The SMILES string of the molecule is O=C(OC(CN1CCOCC1)CS(=O)(=O)[O-])C1CCCCC1. The molecule has 0 aromatic heterocycles. The molecule has 7 nitrogen and oxygen atoms in total. The van der Waals surface area contributed by atoms with Gasteiger partial charge in [0.2, 0.25) is 0 Å². The van der Waals surface area contributed by atoms with Crippen LogP contribution in [0.1, 0.15) is 32.1 Å². The minimum Gasteiger partial charge on any atom is -0.748 e. The number of morpholine rings is 1. The highest BCUT2D eigenvalue weighted by Gasteiger charge is 2.27. The Morgan fingerprint density at radius 2 is 1.86 bits per heavy atom. The first-order chi connectivity index (χ1) is 10.4. The Hall–Kier alpha value is -0.700. The highest BCUT2D eigenvalue weighted by Crippen LogP contribution is 2.25. The number of carbonyl (C=O) groups is 1. The van der Waals surface area contributed by atoms with E-state index in [-0.39, 0.29) is 18.4 Å². The molecule has 1 aliphatic carbocycles. The Morgan fingerprint density at radius 3 is 2.45 bits per heavy atom. The molecule has 0 aromatic rings. The van der Waals surface area contributed by atoms with Crippen LogP contribution in [0.15, 0.2) is 0 Å². The Labute approximate surface area is 131 Å². The summed E-state index contributed by atoms with van der Waals surface area (Å²) in [5.74, 6) is -1.18. The van der Waals surface area contributed by atoms with Crippen LogP contribution in [0.25, 0.3) is 0 Å². The van der Waals surface area contributed by atoms with Crippen LogP contribution < -0.4 is 0 Å². The van der Waals surface area contributed by atoms with Gasteiger partial charge >= 0.3 is 5.97 Å². The van der Waals surface area contributed by atoms with Crippen LogP contribution in [0.4, 0.5) is 0 Å². The molecular weight excluding hydrogens is 310 g/mol. The monoisotopic (exact) mass is 334 g/mol. The van der Waals surface area contributed by atoms with E-state index in [2.05, 4.69) is 0 Å². The van der Waals surface area contributed by atoms with E-state index in [4.69, 9.17) is 9.47 Å². The maximum absolute atomic E-state index is 12.2. The summed E-state index contributed by atoms with van der Waals surface area (Å²) in [4.78, 5) is 14.1. The second-order valence-corrected chi connectivity index (χ2v) is 7.48. The first-order valence-electron chi connectivity index (χ1n) is 7.88. The molecule has 1 saturated heterocycles. The summed E-state index contributed by atoms with van der Waals surface area (Å²) in [6, 6.07) is 0. The van der Waals surface area contributed by atoms with Crippen molar-refractivity contribution >= 4 is 16.1 Å². The van der Waals surface area contributed by atoms with Gasteiger partial charge in [0.05, 0.1) is 35.0 Å². The largest absolute Gasteiger partial charge is 0.748 e. The lowest BCUT2D eigenvalue weighted by molar-refractivity contribution is -0.155. The fourth-order valence-corrected chi connectivity index (χ4v) is 3.65. The van der Waals surface area contributed by atoms with Gasteiger partial charge in [-0.25, -0.2) is 8.42 Å². The summed E-state index contributed by atoms with van der Waals surface area (Å²) >= 11 is 0. The second-order valence-electron chi connectivity index (χ2n) is 6.03. The fourth-order valence-electron chi connectivity index (χ4n) is 3.02. The van der Waals surface area contributed by atoms with Gasteiger partial charge in [-0.3, -0.25) is 9.69 Å². The fraction of sp³-hybridized carbons (Fsp3) is 0.929. The Morgan fingerprint density at radius 1 is 1.23 bits per heavy atom. The smallest absolute Gasteiger partial charge is 0.309 e. The molecule has 1 heterocycles. The molecule has 0 bridgehead atoms. The third-order valence-electron chi connectivity index (χ3n) is 4.18. The van der Waals surface area contributed by atoms with Crippen molar-refractivity contribution in [2.75, 3.05) is 38.6 Å². The molecule has 128 valence electrons. The van der Waals surface area contributed by atoms with E-state index in [9.17, 15) is 17.8 Å². The van der Waals surface area contributed by atoms with Gasteiger partial charge in [0.1, 0.15) is 6.10 Å². The van der Waals surface area contributed by atoms with Crippen LogP contribution in [-0.2, 0) is 24.4 Å². The Bertz CT molecular complexity index is 454. The van der Waals surface area contributed by atoms with Gasteiger partial charge in [0.25, 0.3) is 0 Å². The zero-order valence-electron chi connectivity index (χ0n) is 12.7. The molecule has 0 amide bonds. The zero-order chi connectivity index (χ0) is 16.0. The first kappa shape index (κ1) is 17.7. The van der Waals surface area contributed by atoms with E-state index in [0.717, 1.165) is 32.1 Å². The van der Waals surface area contributed by atoms with Crippen molar-refractivity contribution in [1.29, 1.82) is 0 Å². The van der Waals surface area contributed by atoms with Gasteiger partial charge in [-0.1, -0.05) is 19.3 Å². The molecule has 2 rings (SSSR count). The predicted octanol–water partition coefficient (Wildman–Crippen LogP) is 0.356. The molecule has 0 radical (unpaired) electrons. The van der Waals surface area contributed by atoms with E-state index >= 15 is 0 Å². The van der Waals surface area contributed by atoms with Gasteiger partial charge in [-0.05, 0) is 12.8 Å². The third kappa shape index (κ3) is 6.20. The molecule has 1 atom stereocenters. The maximum Gasteiger partial charge on any atom is 0.309 e. The minimum absolute atomic E-state index is 0.157. The number of ether oxygens (including phenoxy) is 2. The number of hydrogen-bond acceptors (Lipinski definition) is 7. The quantitative estimate of drug-likeness (QED) is 0.511. The predicted molar refractivity (Wildman–Crippen MR) is 78.3 cm³/mol. The van der Waals surface area contributed by atoms with Crippen molar-refractivity contribution in [3.63, 3.8) is 0 Å². The number of rotatable bonds is 6. The lowest BCUT2D eigenvalue weighted by Crippen LogP contribution is -2.45. The molecule has 8 heteroatoms. The molecule has 2 aliphatic rings. The summed E-state index contributed by atoms with van der Waals surface area (Å²) in [5, 5.41) is 0. The molecular formula is C14H24NO6S-. The minimum atomic E-state index is -4.44. The van der Waals surface area contributed by atoms with Crippen LogP contribution in [0.3, 0.4) is 0 Å². The van der Waals surface area contributed by atoms with E-state index in [1.54, 1.807) is 0 Å². The summed E-state index contributed by atoms with van der Waals surface area (Å²) in [7, 11) is -4.44.